The van der Waals surface area contributed by atoms with Gasteiger partial charge in [-0.2, -0.15) is 5.10 Å². The van der Waals surface area contributed by atoms with E-state index >= 15 is 0 Å². The lowest BCUT2D eigenvalue weighted by Gasteiger charge is -2.27. The van der Waals surface area contributed by atoms with Crippen molar-refractivity contribution < 1.29 is 14.2 Å². The molecule has 2 amide bonds. The SMILES string of the molecule is Cc1nonc1C(=O)NC(C(=O)Nc1cnn(Cc2ncc[nH]c2=O)c1)C(C1CC1)C1CC1. The zero-order valence-corrected chi connectivity index (χ0v) is 18.0. The highest BCUT2D eigenvalue weighted by Crippen LogP contribution is 2.50. The van der Waals surface area contributed by atoms with E-state index in [1.807, 2.05) is 0 Å². The Bertz CT molecular complexity index is 1210. The van der Waals surface area contributed by atoms with E-state index in [4.69, 9.17) is 0 Å². The molecule has 0 saturated heterocycles. The van der Waals surface area contributed by atoms with Crippen molar-refractivity contribution in [3.05, 3.63) is 52.2 Å². The normalized spacial score (nSPS) is 16.5. The number of carbonyl (C=O) groups is 2. The molecule has 2 saturated carbocycles. The summed E-state index contributed by atoms with van der Waals surface area (Å²) in [6, 6.07) is -0.712. The van der Waals surface area contributed by atoms with Crippen molar-refractivity contribution in [1.29, 1.82) is 0 Å². The van der Waals surface area contributed by atoms with Crippen LogP contribution in [0.15, 0.2) is 34.2 Å². The van der Waals surface area contributed by atoms with Gasteiger partial charge in [0.2, 0.25) is 5.91 Å². The molecular weight excluding hydrogens is 428 g/mol. The summed E-state index contributed by atoms with van der Waals surface area (Å²) in [4.78, 5) is 44.6. The number of nitrogens with one attached hydrogen (secondary N) is 3. The number of hydrogen-bond donors (Lipinski definition) is 3. The fourth-order valence-corrected chi connectivity index (χ4v) is 4.26. The van der Waals surface area contributed by atoms with Crippen molar-refractivity contribution in [3.8, 4) is 0 Å². The number of aromatic nitrogens is 6. The van der Waals surface area contributed by atoms with Crippen molar-refractivity contribution >= 4 is 17.5 Å². The molecule has 2 aliphatic carbocycles. The minimum absolute atomic E-state index is 0.0660. The Labute approximate surface area is 188 Å². The average Bonchev–Trinajstić information content (AvgIpc) is 3.72. The van der Waals surface area contributed by atoms with Crippen molar-refractivity contribution in [2.45, 2.75) is 45.2 Å². The molecule has 0 spiro atoms. The summed E-state index contributed by atoms with van der Waals surface area (Å²) >= 11 is 0. The average molecular weight is 452 g/mol. The van der Waals surface area contributed by atoms with Crippen LogP contribution in [-0.2, 0) is 11.3 Å². The second-order valence-electron chi connectivity index (χ2n) is 8.68. The Morgan fingerprint density at radius 1 is 1.24 bits per heavy atom. The van der Waals surface area contributed by atoms with Crippen molar-refractivity contribution in [2.75, 3.05) is 5.32 Å². The van der Waals surface area contributed by atoms with Gasteiger partial charge in [-0.1, -0.05) is 5.16 Å². The summed E-state index contributed by atoms with van der Waals surface area (Å²) < 4.78 is 6.16. The molecule has 172 valence electrons. The van der Waals surface area contributed by atoms with Crippen molar-refractivity contribution in [1.82, 2.24) is 35.4 Å². The molecule has 0 bridgehead atoms. The van der Waals surface area contributed by atoms with Gasteiger partial charge in [0, 0.05) is 18.6 Å². The van der Waals surface area contributed by atoms with Gasteiger partial charge in [-0.15, -0.1) is 0 Å². The first-order valence-corrected chi connectivity index (χ1v) is 11.0. The second kappa shape index (κ2) is 8.60. The minimum atomic E-state index is -0.712. The van der Waals surface area contributed by atoms with Crippen LogP contribution >= 0.6 is 0 Å². The maximum absolute atomic E-state index is 13.3. The largest absolute Gasteiger partial charge is 0.338 e. The first-order chi connectivity index (χ1) is 16.0. The maximum atomic E-state index is 13.3. The van der Waals surface area contributed by atoms with Gasteiger partial charge in [0.1, 0.15) is 17.4 Å². The molecule has 12 heteroatoms. The maximum Gasteiger partial charge on any atom is 0.276 e. The predicted molar refractivity (Wildman–Crippen MR) is 114 cm³/mol. The van der Waals surface area contributed by atoms with E-state index in [-0.39, 0.29) is 29.6 Å². The molecule has 0 aromatic carbocycles. The lowest BCUT2D eigenvalue weighted by Crippen LogP contribution is -2.50. The molecule has 3 aromatic heterocycles. The molecule has 3 heterocycles. The Morgan fingerprint density at radius 3 is 2.64 bits per heavy atom. The topological polar surface area (TPSA) is 161 Å². The zero-order chi connectivity index (χ0) is 22.9. The van der Waals surface area contributed by atoms with E-state index in [0.717, 1.165) is 25.7 Å². The highest BCUT2D eigenvalue weighted by Gasteiger charge is 2.48. The van der Waals surface area contributed by atoms with Crippen LogP contribution in [0.3, 0.4) is 0 Å². The van der Waals surface area contributed by atoms with Gasteiger partial charge in [-0.05, 0) is 55.5 Å². The number of H-pyrrole nitrogens is 1. The van der Waals surface area contributed by atoms with Gasteiger partial charge in [-0.3, -0.25) is 24.0 Å². The first-order valence-electron chi connectivity index (χ1n) is 11.0. The van der Waals surface area contributed by atoms with Crippen LogP contribution in [0.25, 0.3) is 0 Å². The Kier molecular flexibility index (Phi) is 5.48. The lowest BCUT2D eigenvalue weighted by atomic mass is 9.88. The molecule has 33 heavy (non-hydrogen) atoms. The molecule has 3 N–H and O–H groups in total. The molecule has 1 unspecified atom stereocenters. The third kappa shape index (κ3) is 4.69. The van der Waals surface area contributed by atoms with Crippen LogP contribution in [0.4, 0.5) is 5.69 Å². The summed E-state index contributed by atoms with van der Waals surface area (Å²) in [5.41, 5.74) is 0.924. The fourth-order valence-electron chi connectivity index (χ4n) is 4.26. The van der Waals surface area contributed by atoms with Crippen LogP contribution < -0.4 is 16.2 Å². The van der Waals surface area contributed by atoms with E-state index < -0.39 is 11.9 Å². The Hall–Kier alpha value is -3.83. The Morgan fingerprint density at radius 2 is 2.00 bits per heavy atom. The molecule has 0 radical (unpaired) electrons. The van der Waals surface area contributed by atoms with E-state index in [9.17, 15) is 14.4 Å². The van der Waals surface area contributed by atoms with Crippen LogP contribution in [0.1, 0.15) is 47.6 Å². The third-order valence-electron chi connectivity index (χ3n) is 6.15. The summed E-state index contributed by atoms with van der Waals surface area (Å²) in [7, 11) is 0. The number of rotatable bonds is 9. The molecule has 0 aliphatic heterocycles. The van der Waals surface area contributed by atoms with Gasteiger partial charge in [0.05, 0.1) is 18.4 Å². The van der Waals surface area contributed by atoms with Gasteiger partial charge >= 0.3 is 0 Å². The number of carbonyl (C=O) groups excluding carboxylic acids is 2. The molecule has 3 aromatic rings. The number of anilines is 1. The summed E-state index contributed by atoms with van der Waals surface area (Å²) in [6.07, 6.45) is 10.3. The quantitative estimate of drug-likeness (QED) is 0.431. The van der Waals surface area contributed by atoms with Gasteiger partial charge in [-0.25, -0.2) is 4.63 Å². The van der Waals surface area contributed by atoms with Crippen LogP contribution in [0, 0.1) is 24.7 Å². The monoisotopic (exact) mass is 452 g/mol. The summed E-state index contributed by atoms with van der Waals surface area (Å²) in [5, 5.41) is 17.3. The Balaban J connectivity index is 1.32. The molecule has 1 atom stereocenters. The summed E-state index contributed by atoms with van der Waals surface area (Å²) in [6.45, 7) is 1.79. The second-order valence-corrected chi connectivity index (χ2v) is 8.68. The summed E-state index contributed by atoms with van der Waals surface area (Å²) in [5.74, 6) is 0.116. The standard InChI is InChI=1S/C21H24N8O4/c1-11-17(28-33-27-11)20(31)26-18(16(12-2-3-12)13-4-5-13)21(32)25-14-8-24-29(9-14)10-15-19(30)23-7-6-22-15/h6-9,12-13,16,18H,2-5,10H2,1H3,(H,23,30)(H,25,32)(H,26,31). The number of amides is 2. The predicted octanol–water partition coefficient (Wildman–Crippen LogP) is 0.879. The highest BCUT2D eigenvalue weighted by atomic mass is 16.6. The molecule has 2 fully saturated rings. The van der Waals surface area contributed by atoms with Crippen molar-refractivity contribution in [3.63, 3.8) is 0 Å². The van der Waals surface area contributed by atoms with E-state index in [1.165, 1.54) is 23.3 Å². The third-order valence-corrected chi connectivity index (χ3v) is 6.15. The van der Waals surface area contributed by atoms with E-state index in [1.54, 1.807) is 13.1 Å². The smallest absolute Gasteiger partial charge is 0.276 e. The van der Waals surface area contributed by atoms with Crippen LogP contribution in [-0.4, -0.2) is 47.9 Å². The molecular formula is C21H24N8O4. The number of nitrogens with zero attached hydrogens (tertiary/aromatic N) is 5. The lowest BCUT2D eigenvalue weighted by molar-refractivity contribution is -0.119. The van der Waals surface area contributed by atoms with Gasteiger partial charge in [0.15, 0.2) is 5.69 Å². The zero-order valence-electron chi connectivity index (χ0n) is 18.0. The fraction of sp³-hybridized carbons (Fsp3) is 0.476. The number of aryl methyl sites for hydroxylation is 1. The first kappa shape index (κ1) is 21.0. The van der Waals surface area contributed by atoms with Gasteiger partial charge < -0.3 is 15.6 Å². The van der Waals surface area contributed by atoms with Gasteiger partial charge in [0.25, 0.3) is 11.5 Å². The van der Waals surface area contributed by atoms with Crippen LogP contribution in [0.5, 0.6) is 0 Å². The molecule has 5 rings (SSSR count). The molecule has 12 nitrogen and oxygen atoms in total. The number of hydrogen-bond acceptors (Lipinski definition) is 8. The highest BCUT2D eigenvalue weighted by molar-refractivity contribution is 6.00. The minimum Gasteiger partial charge on any atom is -0.338 e. The van der Waals surface area contributed by atoms with E-state index in [0.29, 0.717) is 28.9 Å². The van der Waals surface area contributed by atoms with E-state index in [2.05, 4.69) is 40.6 Å². The van der Waals surface area contributed by atoms with Crippen LogP contribution in [0.2, 0.25) is 0 Å². The molecule has 2 aliphatic rings. The number of aromatic amines is 1. The van der Waals surface area contributed by atoms with Crippen molar-refractivity contribution in [2.24, 2.45) is 17.8 Å².